The van der Waals surface area contributed by atoms with Gasteiger partial charge in [0.25, 0.3) is 5.56 Å². The van der Waals surface area contributed by atoms with Gasteiger partial charge in [-0.1, -0.05) is 72.6 Å². The van der Waals surface area contributed by atoms with Crippen molar-refractivity contribution in [1.29, 1.82) is 0 Å². The summed E-state index contributed by atoms with van der Waals surface area (Å²) in [6.07, 6.45) is 0.856. The normalized spacial score (nSPS) is 15.8. The molecule has 0 bridgehead atoms. The number of aromatic nitrogens is 2. The van der Waals surface area contributed by atoms with Crippen LogP contribution in [0.25, 0.3) is 15.9 Å². The van der Waals surface area contributed by atoms with Crippen molar-refractivity contribution in [1.82, 2.24) is 9.55 Å². The molecule has 2 aromatic heterocycles. The number of rotatable bonds is 5. The molecule has 0 unspecified atom stereocenters. The van der Waals surface area contributed by atoms with Crippen molar-refractivity contribution >= 4 is 56.5 Å². The van der Waals surface area contributed by atoms with Crippen molar-refractivity contribution in [2.24, 2.45) is 5.92 Å². The van der Waals surface area contributed by atoms with E-state index in [0.717, 1.165) is 43.9 Å². The van der Waals surface area contributed by atoms with Gasteiger partial charge in [-0.15, -0.1) is 11.3 Å². The number of hydrogen-bond donors (Lipinski definition) is 0. The van der Waals surface area contributed by atoms with Crippen molar-refractivity contribution in [3.63, 3.8) is 0 Å². The zero-order valence-corrected chi connectivity index (χ0v) is 22.2. The van der Waals surface area contributed by atoms with Crippen LogP contribution in [0.5, 0.6) is 0 Å². The molecule has 4 nitrogen and oxygen atoms in total. The summed E-state index contributed by atoms with van der Waals surface area (Å²) in [6, 6.07) is 13.6. The number of hydrogen-bond acceptors (Lipinski definition) is 5. The summed E-state index contributed by atoms with van der Waals surface area (Å²) in [6.45, 7) is 6.89. The minimum absolute atomic E-state index is 0.0209. The van der Waals surface area contributed by atoms with Gasteiger partial charge >= 0.3 is 0 Å². The summed E-state index contributed by atoms with van der Waals surface area (Å²) in [5.41, 5.74) is 4.05. The molecule has 0 N–H and O–H groups in total. The Hall–Kier alpha value is -1.83. The molecule has 0 aliphatic carbocycles. The fourth-order valence-electron chi connectivity index (χ4n) is 4.13. The Morgan fingerprint density at radius 2 is 1.94 bits per heavy atom. The standard InChI is InChI=1S/C26H24Cl2N2O2S2/c1-14(2)21-11-18-22(12-32-21)34-24-23(18)25(31)30(17-7-4-15(3)5-8-17)26(29-24)33-13-16-6-9-19(27)20(28)10-16/h4-10,14,21H,11-13H2,1-3H3/t21-/m1/s1. The number of ether oxygens (including phenoxy) is 1. The van der Waals surface area contributed by atoms with Crippen LogP contribution in [0.3, 0.4) is 0 Å². The lowest BCUT2D eigenvalue weighted by Crippen LogP contribution is -2.28. The zero-order valence-electron chi connectivity index (χ0n) is 19.1. The van der Waals surface area contributed by atoms with E-state index < -0.39 is 0 Å². The lowest BCUT2D eigenvalue weighted by molar-refractivity contribution is 0.00200. The molecule has 0 saturated heterocycles. The fraction of sp³-hybridized carbons (Fsp3) is 0.308. The SMILES string of the molecule is Cc1ccc(-n2c(SCc3ccc(Cl)c(Cl)c3)nc3sc4c(c3c2=O)C[C@H](C(C)C)OC4)cc1. The quantitative estimate of drug-likeness (QED) is 0.198. The number of thioether (sulfide) groups is 1. The van der Waals surface area contributed by atoms with E-state index in [1.54, 1.807) is 22.0 Å². The monoisotopic (exact) mass is 530 g/mol. The van der Waals surface area contributed by atoms with Gasteiger partial charge < -0.3 is 4.74 Å². The lowest BCUT2D eigenvalue weighted by Gasteiger charge is -2.26. The van der Waals surface area contributed by atoms with Crippen LogP contribution in [0.2, 0.25) is 10.0 Å². The summed E-state index contributed by atoms with van der Waals surface area (Å²) >= 11 is 15.4. The highest BCUT2D eigenvalue weighted by Crippen LogP contribution is 2.37. The average molecular weight is 532 g/mol. The number of thiophene rings is 1. The highest BCUT2D eigenvalue weighted by atomic mass is 35.5. The predicted octanol–water partition coefficient (Wildman–Crippen LogP) is 7.45. The first-order valence-corrected chi connectivity index (χ1v) is 13.7. The van der Waals surface area contributed by atoms with E-state index in [2.05, 4.69) is 13.8 Å². The van der Waals surface area contributed by atoms with Crippen molar-refractivity contribution < 1.29 is 4.74 Å². The van der Waals surface area contributed by atoms with Gasteiger partial charge in [-0.05, 0) is 48.2 Å². The van der Waals surface area contributed by atoms with Crippen LogP contribution in [0.4, 0.5) is 0 Å². The molecule has 4 aromatic rings. The van der Waals surface area contributed by atoms with E-state index in [-0.39, 0.29) is 11.7 Å². The van der Waals surface area contributed by atoms with E-state index in [0.29, 0.717) is 33.5 Å². The Kier molecular flexibility index (Phi) is 6.79. The van der Waals surface area contributed by atoms with E-state index in [4.69, 9.17) is 32.9 Å². The molecular weight excluding hydrogens is 507 g/mol. The topological polar surface area (TPSA) is 44.1 Å². The molecule has 0 radical (unpaired) electrons. The van der Waals surface area contributed by atoms with E-state index in [1.807, 2.05) is 43.3 Å². The van der Waals surface area contributed by atoms with Crippen LogP contribution in [-0.2, 0) is 23.5 Å². The third-order valence-corrected chi connectivity index (χ3v) is 8.95. The van der Waals surface area contributed by atoms with Crippen molar-refractivity contribution in [2.75, 3.05) is 0 Å². The molecule has 3 heterocycles. The van der Waals surface area contributed by atoms with E-state index in [9.17, 15) is 4.79 Å². The third-order valence-electron chi connectivity index (χ3n) is 6.10. The highest BCUT2D eigenvalue weighted by Gasteiger charge is 2.28. The molecule has 0 spiro atoms. The molecule has 1 atom stereocenters. The first-order valence-electron chi connectivity index (χ1n) is 11.1. The first kappa shape index (κ1) is 23.9. The molecule has 1 aliphatic heterocycles. The van der Waals surface area contributed by atoms with Gasteiger partial charge in [0.15, 0.2) is 5.16 Å². The summed E-state index contributed by atoms with van der Waals surface area (Å²) in [4.78, 5) is 20.9. The first-order chi connectivity index (χ1) is 16.3. The minimum Gasteiger partial charge on any atom is -0.372 e. The average Bonchev–Trinajstić information content (AvgIpc) is 3.18. The maximum Gasteiger partial charge on any atom is 0.267 e. The number of halogens is 2. The molecule has 34 heavy (non-hydrogen) atoms. The van der Waals surface area contributed by atoms with E-state index in [1.165, 1.54) is 11.8 Å². The molecular formula is C26H24Cl2N2O2S2. The minimum atomic E-state index is -0.0209. The van der Waals surface area contributed by atoms with Crippen LogP contribution in [0.15, 0.2) is 52.4 Å². The van der Waals surface area contributed by atoms with Crippen LogP contribution in [0, 0.1) is 12.8 Å². The molecule has 2 aromatic carbocycles. The number of benzene rings is 2. The number of fused-ring (bicyclic) bond motifs is 3. The Morgan fingerprint density at radius 3 is 2.65 bits per heavy atom. The molecule has 5 rings (SSSR count). The Bertz CT molecular complexity index is 1430. The zero-order chi connectivity index (χ0) is 24.0. The maximum absolute atomic E-state index is 14.0. The van der Waals surface area contributed by atoms with E-state index >= 15 is 0 Å². The smallest absolute Gasteiger partial charge is 0.267 e. The maximum atomic E-state index is 14.0. The fourth-order valence-corrected chi connectivity index (χ4v) is 6.57. The Morgan fingerprint density at radius 1 is 1.18 bits per heavy atom. The lowest BCUT2D eigenvalue weighted by atomic mass is 9.96. The summed E-state index contributed by atoms with van der Waals surface area (Å²) in [5.74, 6) is 1.00. The van der Waals surface area contributed by atoms with Gasteiger partial charge in [0, 0.05) is 17.1 Å². The van der Waals surface area contributed by atoms with Crippen molar-refractivity contribution in [2.45, 2.75) is 50.8 Å². The summed E-state index contributed by atoms with van der Waals surface area (Å²) in [5, 5.41) is 2.43. The molecule has 176 valence electrons. The number of aryl methyl sites for hydroxylation is 1. The largest absolute Gasteiger partial charge is 0.372 e. The van der Waals surface area contributed by atoms with Gasteiger partial charge in [-0.25, -0.2) is 4.98 Å². The molecule has 0 fully saturated rings. The molecule has 0 saturated carbocycles. The Labute approximate surface area is 216 Å². The third kappa shape index (κ3) is 4.54. The molecule has 1 aliphatic rings. The van der Waals surface area contributed by atoms with Gasteiger partial charge in [-0.2, -0.15) is 0 Å². The van der Waals surface area contributed by atoms with Gasteiger partial charge in [0.2, 0.25) is 0 Å². The van der Waals surface area contributed by atoms with Crippen LogP contribution in [-0.4, -0.2) is 15.7 Å². The van der Waals surface area contributed by atoms with Crippen molar-refractivity contribution in [3.8, 4) is 5.69 Å². The second kappa shape index (κ2) is 9.67. The molecule has 0 amide bonds. The van der Waals surface area contributed by atoms with Crippen LogP contribution in [0.1, 0.15) is 35.4 Å². The highest BCUT2D eigenvalue weighted by molar-refractivity contribution is 7.98. The number of nitrogens with zero attached hydrogens (tertiary/aromatic N) is 2. The van der Waals surface area contributed by atoms with Gasteiger partial charge in [0.05, 0.1) is 33.8 Å². The molecule has 8 heteroatoms. The van der Waals surface area contributed by atoms with Gasteiger partial charge in [0.1, 0.15) is 4.83 Å². The van der Waals surface area contributed by atoms with Crippen LogP contribution < -0.4 is 5.56 Å². The second-order valence-corrected chi connectivity index (χ2v) is 11.7. The van der Waals surface area contributed by atoms with Gasteiger partial charge in [-0.3, -0.25) is 9.36 Å². The predicted molar refractivity (Wildman–Crippen MR) is 143 cm³/mol. The second-order valence-electron chi connectivity index (χ2n) is 8.89. The van der Waals surface area contributed by atoms with Crippen molar-refractivity contribution in [3.05, 3.63) is 84.4 Å². The Balaban J connectivity index is 1.63. The van der Waals surface area contributed by atoms with Crippen LogP contribution >= 0.6 is 46.3 Å². The summed E-state index contributed by atoms with van der Waals surface area (Å²) in [7, 11) is 0. The summed E-state index contributed by atoms with van der Waals surface area (Å²) < 4.78 is 7.81.